The third kappa shape index (κ3) is 8.12. The van der Waals surface area contributed by atoms with Gasteiger partial charge in [-0.2, -0.15) is 0 Å². The summed E-state index contributed by atoms with van der Waals surface area (Å²) in [5, 5.41) is 7.01. The Morgan fingerprint density at radius 3 is 2.00 bits per heavy atom. The molecule has 2 N–H and O–H groups in total. The lowest BCUT2D eigenvalue weighted by Gasteiger charge is -2.29. The quantitative estimate of drug-likeness (QED) is 0.593. The van der Waals surface area contributed by atoms with Crippen LogP contribution in [0.4, 0.5) is 0 Å². The molecule has 0 rings (SSSR count). The maximum absolute atomic E-state index is 3.57. The first-order valence-corrected chi connectivity index (χ1v) is 6.80. The van der Waals surface area contributed by atoms with Crippen molar-refractivity contribution in [2.24, 2.45) is 11.3 Å². The molecule has 98 valence electrons. The normalized spacial score (nSPS) is 12.8. The van der Waals surface area contributed by atoms with Crippen molar-refractivity contribution in [1.82, 2.24) is 10.6 Å². The smallest absolute Gasteiger partial charge is 0.00103 e. The van der Waals surface area contributed by atoms with E-state index in [9.17, 15) is 0 Å². The largest absolute Gasteiger partial charge is 0.316 e. The lowest BCUT2D eigenvalue weighted by atomic mass is 9.81. The van der Waals surface area contributed by atoms with E-state index in [0.717, 1.165) is 25.6 Å². The molecule has 0 fully saturated rings. The highest BCUT2D eigenvalue weighted by atomic mass is 14.9. The van der Waals surface area contributed by atoms with E-state index in [-0.39, 0.29) is 0 Å². The number of hydrogen-bond acceptors (Lipinski definition) is 2. The zero-order valence-electron chi connectivity index (χ0n) is 12.2. The standard InChI is InChI=1S/C14H32N2/c1-12(2)14(5,6)11-15-9-7-8-10-16-13(3)4/h12-13,15-16H,7-11H2,1-6H3. The summed E-state index contributed by atoms with van der Waals surface area (Å²) in [4.78, 5) is 0. The summed E-state index contributed by atoms with van der Waals surface area (Å²) >= 11 is 0. The van der Waals surface area contributed by atoms with Crippen LogP contribution in [0.3, 0.4) is 0 Å². The molecule has 0 spiro atoms. The SMILES string of the molecule is CC(C)NCCCCNCC(C)(C)C(C)C. The van der Waals surface area contributed by atoms with Crippen molar-refractivity contribution >= 4 is 0 Å². The van der Waals surface area contributed by atoms with Gasteiger partial charge in [-0.1, -0.05) is 41.5 Å². The first-order valence-electron chi connectivity index (χ1n) is 6.80. The Morgan fingerprint density at radius 2 is 1.50 bits per heavy atom. The van der Waals surface area contributed by atoms with Crippen LogP contribution in [0.15, 0.2) is 0 Å². The van der Waals surface area contributed by atoms with E-state index in [1.54, 1.807) is 0 Å². The second kappa shape index (κ2) is 8.08. The van der Waals surface area contributed by atoms with Crippen LogP contribution in [-0.4, -0.2) is 25.7 Å². The molecule has 0 aromatic heterocycles. The molecule has 0 bridgehead atoms. The molecular formula is C14H32N2. The summed E-state index contributed by atoms with van der Waals surface area (Å²) in [6, 6.07) is 0.618. The molecule has 0 aliphatic heterocycles. The van der Waals surface area contributed by atoms with E-state index in [1.165, 1.54) is 12.8 Å². The molecule has 0 aliphatic rings. The molecule has 16 heavy (non-hydrogen) atoms. The van der Waals surface area contributed by atoms with Crippen LogP contribution < -0.4 is 10.6 Å². The van der Waals surface area contributed by atoms with Gasteiger partial charge in [0.05, 0.1) is 0 Å². The van der Waals surface area contributed by atoms with E-state index in [4.69, 9.17) is 0 Å². The van der Waals surface area contributed by atoms with Gasteiger partial charge in [-0.3, -0.25) is 0 Å². The Hall–Kier alpha value is -0.0800. The number of hydrogen-bond donors (Lipinski definition) is 2. The molecule has 2 nitrogen and oxygen atoms in total. The van der Waals surface area contributed by atoms with Crippen LogP contribution in [0, 0.1) is 11.3 Å². The molecule has 0 aromatic carbocycles. The highest BCUT2D eigenvalue weighted by Crippen LogP contribution is 2.24. The van der Waals surface area contributed by atoms with Gasteiger partial charge in [0, 0.05) is 12.6 Å². The molecule has 0 aromatic rings. The number of nitrogens with one attached hydrogen (secondary N) is 2. The molecule has 0 unspecified atom stereocenters. The molecule has 0 heterocycles. The van der Waals surface area contributed by atoms with Crippen LogP contribution in [-0.2, 0) is 0 Å². The molecule has 0 atom stereocenters. The lowest BCUT2D eigenvalue weighted by molar-refractivity contribution is 0.238. The molecule has 0 saturated carbocycles. The molecule has 2 heteroatoms. The van der Waals surface area contributed by atoms with Gasteiger partial charge in [0.25, 0.3) is 0 Å². The molecule has 0 radical (unpaired) electrons. The average Bonchev–Trinajstić information content (AvgIpc) is 2.15. The lowest BCUT2D eigenvalue weighted by Crippen LogP contribution is -2.34. The minimum absolute atomic E-state index is 0.413. The molecule has 0 amide bonds. The van der Waals surface area contributed by atoms with Crippen molar-refractivity contribution in [3.8, 4) is 0 Å². The van der Waals surface area contributed by atoms with Gasteiger partial charge in [0.15, 0.2) is 0 Å². The zero-order chi connectivity index (χ0) is 12.6. The Kier molecular flexibility index (Phi) is 8.04. The Balaban J connectivity index is 3.34. The predicted octanol–water partition coefficient (Wildman–Crippen LogP) is 3.04. The fraction of sp³-hybridized carbons (Fsp3) is 1.00. The van der Waals surface area contributed by atoms with Crippen molar-refractivity contribution in [3.05, 3.63) is 0 Å². The van der Waals surface area contributed by atoms with Crippen molar-refractivity contribution in [2.75, 3.05) is 19.6 Å². The van der Waals surface area contributed by atoms with Crippen LogP contribution in [0.2, 0.25) is 0 Å². The minimum atomic E-state index is 0.413. The Bertz CT molecular complexity index is 162. The van der Waals surface area contributed by atoms with Crippen molar-refractivity contribution in [3.63, 3.8) is 0 Å². The van der Waals surface area contributed by atoms with Crippen molar-refractivity contribution in [2.45, 2.75) is 60.4 Å². The highest BCUT2D eigenvalue weighted by Gasteiger charge is 2.21. The van der Waals surface area contributed by atoms with Crippen LogP contribution in [0.1, 0.15) is 54.4 Å². The van der Waals surface area contributed by atoms with Gasteiger partial charge < -0.3 is 10.6 Å². The fourth-order valence-electron chi connectivity index (χ4n) is 1.38. The average molecular weight is 228 g/mol. The highest BCUT2D eigenvalue weighted by molar-refractivity contribution is 4.74. The predicted molar refractivity (Wildman–Crippen MR) is 73.9 cm³/mol. The maximum Gasteiger partial charge on any atom is 0.00103 e. The van der Waals surface area contributed by atoms with Crippen molar-refractivity contribution < 1.29 is 0 Å². The van der Waals surface area contributed by atoms with Crippen LogP contribution in [0.25, 0.3) is 0 Å². The second-order valence-corrected chi connectivity index (χ2v) is 6.14. The summed E-state index contributed by atoms with van der Waals surface area (Å²) in [5.41, 5.74) is 0.413. The summed E-state index contributed by atoms with van der Waals surface area (Å²) in [5.74, 6) is 0.739. The van der Waals surface area contributed by atoms with Gasteiger partial charge >= 0.3 is 0 Å². The number of rotatable bonds is 9. The van der Waals surface area contributed by atoms with Gasteiger partial charge in [0.1, 0.15) is 0 Å². The van der Waals surface area contributed by atoms with E-state index in [0.29, 0.717) is 11.5 Å². The van der Waals surface area contributed by atoms with Crippen LogP contribution in [0.5, 0.6) is 0 Å². The first-order chi connectivity index (χ1) is 7.36. The van der Waals surface area contributed by atoms with E-state index >= 15 is 0 Å². The second-order valence-electron chi connectivity index (χ2n) is 6.14. The third-order valence-corrected chi connectivity index (χ3v) is 3.48. The van der Waals surface area contributed by atoms with Gasteiger partial charge in [-0.25, -0.2) is 0 Å². The topological polar surface area (TPSA) is 24.1 Å². The third-order valence-electron chi connectivity index (χ3n) is 3.48. The van der Waals surface area contributed by atoms with E-state index in [1.807, 2.05) is 0 Å². The Labute approximate surface area is 103 Å². The summed E-state index contributed by atoms with van der Waals surface area (Å²) in [6.45, 7) is 17.1. The first kappa shape index (κ1) is 15.9. The van der Waals surface area contributed by atoms with Crippen molar-refractivity contribution in [1.29, 1.82) is 0 Å². The fourth-order valence-corrected chi connectivity index (χ4v) is 1.38. The summed E-state index contributed by atoms with van der Waals surface area (Å²) in [6.07, 6.45) is 2.54. The zero-order valence-corrected chi connectivity index (χ0v) is 12.2. The van der Waals surface area contributed by atoms with Gasteiger partial charge in [0.2, 0.25) is 0 Å². The summed E-state index contributed by atoms with van der Waals surface area (Å²) < 4.78 is 0. The molecule has 0 saturated heterocycles. The van der Waals surface area contributed by atoms with Crippen LogP contribution >= 0.6 is 0 Å². The monoisotopic (exact) mass is 228 g/mol. The molecule has 0 aliphatic carbocycles. The van der Waals surface area contributed by atoms with Gasteiger partial charge in [-0.15, -0.1) is 0 Å². The van der Waals surface area contributed by atoms with Gasteiger partial charge in [-0.05, 0) is 37.3 Å². The Morgan fingerprint density at radius 1 is 0.938 bits per heavy atom. The molecular weight excluding hydrogens is 196 g/mol. The number of unbranched alkanes of at least 4 members (excludes halogenated alkanes) is 1. The minimum Gasteiger partial charge on any atom is -0.316 e. The summed E-state index contributed by atoms with van der Waals surface area (Å²) in [7, 11) is 0. The van der Waals surface area contributed by atoms with E-state index < -0.39 is 0 Å². The van der Waals surface area contributed by atoms with E-state index in [2.05, 4.69) is 52.2 Å². The maximum atomic E-state index is 3.57.